The number of oxime groups is 1. The van der Waals surface area contributed by atoms with Crippen molar-refractivity contribution >= 4 is 23.4 Å². The van der Waals surface area contributed by atoms with Gasteiger partial charge in [0.15, 0.2) is 6.10 Å². The molecule has 3 heterocycles. The summed E-state index contributed by atoms with van der Waals surface area (Å²) in [5.74, 6) is 1.17. The summed E-state index contributed by atoms with van der Waals surface area (Å²) >= 11 is 0. The number of methoxy groups -OCH3 is 1. The number of rotatable bonds is 7. The quantitative estimate of drug-likeness (QED) is 0.641. The van der Waals surface area contributed by atoms with E-state index in [4.69, 9.17) is 14.3 Å². The van der Waals surface area contributed by atoms with Gasteiger partial charge in [0.2, 0.25) is 5.91 Å². The second-order valence-electron chi connectivity index (χ2n) is 9.75. The molecule has 2 atom stereocenters. The molecule has 8 heteroatoms. The molecule has 0 aromatic heterocycles. The van der Waals surface area contributed by atoms with Crippen LogP contribution in [0.3, 0.4) is 0 Å². The van der Waals surface area contributed by atoms with Gasteiger partial charge in [0.05, 0.1) is 18.7 Å². The van der Waals surface area contributed by atoms with Crippen molar-refractivity contribution < 1.29 is 19.1 Å². The molecule has 36 heavy (non-hydrogen) atoms. The van der Waals surface area contributed by atoms with E-state index in [1.165, 1.54) is 18.1 Å². The standard InChI is InChI=1S/C28H34N4O4/c1-19(13-21-7-5-4-6-8-21)16-31-9-11-32(12-10-31)17-27-23-18-35-25-15-24(29-20(2)33)26(34-3)14-22(25)28(23)30-36-27/h4-8,13-15,23,27H,9-12,16-18H2,1-3H3,(H,29,33). The maximum atomic E-state index is 11.5. The van der Waals surface area contributed by atoms with Crippen LogP contribution >= 0.6 is 0 Å². The molecular weight excluding hydrogens is 456 g/mol. The first-order chi connectivity index (χ1) is 17.5. The molecule has 1 amide bonds. The Bertz CT molecular complexity index is 1160. The average molecular weight is 491 g/mol. The van der Waals surface area contributed by atoms with Crippen LogP contribution in [0, 0.1) is 5.92 Å². The normalized spacial score (nSPS) is 22.1. The first kappa shape index (κ1) is 24.3. The molecule has 2 aromatic rings. The number of nitrogens with one attached hydrogen (secondary N) is 1. The Kier molecular flexibility index (Phi) is 7.25. The Morgan fingerprint density at radius 3 is 2.61 bits per heavy atom. The van der Waals surface area contributed by atoms with Crippen LogP contribution in [0.5, 0.6) is 11.5 Å². The minimum Gasteiger partial charge on any atom is -0.495 e. The van der Waals surface area contributed by atoms with E-state index in [0.717, 1.165) is 50.5 Å². The zero-order chi connectivity index (χ0) is 25.1. The summed E-state index contributed by atoms with van der Waals surface area (Å²) in [7, 11) is 1.59. The Labute approximate surface area is 212 Å². The molecule has 2 aromatic carbocycles. The fraction of sp³-hybridized carbons (Fsp3) is 0.429. The van der Waals surface area contributed by atoms with Crippen molar-refractivity contribution in [3.63, 3.8) is 0 Å². The van der Waals surface area contributed by atoms with Crippen molar-refractivity contribution in [1.29, 1.82) is 0 Å². The van der Waals surface area contributed by atoms with E-state index in [0.29, 0.717) is 23.8 Å². The largest absolute Gasteiger partial charge is 0.495 e. The predicted molar refractivity (Wildman–Crippen MR) is 141 cm³/mol. The molecule has 1 fully saturated rings. The lowest BCUT2D eigenvalue weighted by Gasteiger charge is -2.36. The summed E-state index contributed by atoms with van der Waals surface area (Å²) < 4.78 is 11.6. The monoisotopic (exact) mass is 490 g/mol. The smallest absolute Gasteiger partial charge is 0.221 e. The summed E-state index contributed by atoms with van der Waals surface area (Å²) in [5, 5.41) is 7.25. The molecule has 2 unspecified atom stereocenters. The van der Waals surface area contributed by atoms with Crippen molar-refractivity contribution in [3.8, 4) is 11.5 Å². The van der Waals surface area contributed by atoms with Crippen LogP contribution in [0.15, 0.2) is 53.2 Å². The molecule has 1 saturated heterocycles. The van der Waals surface area contributed by atoms with Crippen molar-refractivity contribution in [3.05, 3.63) is 59.2 Å². The van der Waals surface area contributed by atoms with E-state index in [1.54, 1.807) is 13.2 Å². The topological polar surface area (TPSA) is 75.6 Å². The number of ether oxygens (including phenoxy) is 2. The van der Waals surface area contributed by atoms with Crippen LogP contribution in [0.2, 0.25) is 0 Å². The van der Waals surface area contributed by atoms with Gasteiger partial charge < -0.3 is 19.6 Å². The molecule has 0 radical (unpaired) electrons. The van der Waals surface area contributed by atoms with Gasteiger partial charge in [0, 0.05) is 57.8 Å². The van der Waals surface area contributed by atoms with Crippen LogP contribution in [0.4, 0.5) is 5.69 Å². The van der Waals surface area contributed by atoms with E-state index in [-0.39, 0.29) is 17.9 Å². The molecule has 0 aliphatic carbocycles. The number of piperazine rings is 1. The van der Waals surface area contributed by atoms with Gasteiger partial charge in [0.1, 0.15) is 23.8 Å². The Morgan fingerprint density at radius 1 is 1.14 bits per heavy atom. The lowest BCUT2D eigenvalue weighted by molar-refractivity contribution is -0.114. The molecule has 190 valence electrons. The highest BCUT2D eigenvalue weighted by atomic mass is 16.6. The summed E-state index contributed by atoms with van der Waals surface area (Å²) in [5.41, 5.74) is 4.98. The number of nitrogens with zero attached hydrogens (tertiary/aromatic N) is 3. The number of fused-ring (bicyclic) bond motifs is 3. The summed E-state index contributed by atoms with van der Waals surface area (Å²) in [6.45, 7) is 10.1. The zero-order valence-corrected chi connectivity index (χ0v) is 21.2. The van der Waals surface area contributed by atoms with E-state index in [9.17, 15) is 4.79 Å². The maximum absolute atomic E-state index is 11.5. The zero-order valence-electron chi connectivity index (χ0n) is 21.2. The van der Waals surface area contributed by atoms with Gasteiger partial charge in [0.25, 0.3) is 0 Å². The van der Waals surface area contributed by atoms with E-state index in [1.807, 2.05) is 12.1 Å². The number of anilines is 1. The highest BCUT2D eigenvalue weighted by Crippen LogP contribution is 2.40. The van der Waals surface area contributed by atoms with Crippen molar-refractivity contribution in [2.24, 2.45) is 11.1 Å². The average Bonchev–Trinajstić information content (AvgIpc) is 3.28. The SMILES string of the molecule is COc1cc2c(cc1NC(C)=O)OCC1C2=NOC1CN1CCN(CC(C)=Cc2ccccc2)CC1. The van der Waals surface area contributed by atoms with Crippen LogP contribution in [0.1, 0.15) is 25.0 Å². The third-order valence-corrected chi connectivity index (χ3v) is 6.98. The minimum absolute atomic E-state index is 0.0413. The van der Waals surface area contributed by atoms with Crippen LogP contribution in [-0.4, -0.2) is 80.5 Å². The first-order valence-electron chi connectivity index (χ1n) is 12.5. The minimum atomic E-state index is -0.161. The number of hydrogen-bond donors (Lipinski definition) is 1. The van der Waals surface area contributed by atoms with E-state index >= 15 is 0 Å². The maximum Gasteiger partial charge on any atom is 0.221 e. The van der Waals surface area contributed by atoms with Gasteiger partial charge in [-0.2, -0.15) is 0 Å². The number of benzene rings is 2. The van der Waals surface area contributed by atoms with Gasteiger partial charge in [-0.25, -0.2) is 0 Å². The van der Waals surface area contributed by atoms with Gasteiger partial charge in [-0.1, -0.05) is 47.1 Å². The van der Waals surface area contributed by atoms with E-state index < -0.39 is 0 Å². The molecule has 0 spiro atoms. The molecule has 0 bridgehead atoms. The van der Waals surface area contributed by atoms with Gasteiger partial charge in [-0.3, -0.25) is 14.6 Å². The molecule has 8 nitrogen and oxygen atoms in total. The third kappa shape index (κ3) is 5.39. The second-order valence-corrected chi connectivity index (χ2v) is 9.75. The second kappa shape index (κ2) is 10.7. The number of amides is 1. The van der Waals surface area contributed by atoms with E-state index in [2.05, 4.69) is 57.5 Å². The highest BCUT2D eigenvalue weighted by molar-refractivity contribution is 6.07. The summed E-state index contributed by atoms with van der Waals surface area (Å²) in [6, 6.07) is 14.2. The molecule has 3 aliphatic rings. The summed E-state index contributed by atoms with van der Waals surface area (Å²) in [4.78, 5) is 22.4. The van der Waals surface area contributed by atoms with Gasteiger partial charge in [-0.15, -0.1) is 0 Å². The van der Waals surface area contributed by atoms with Crippen LogP contribution in [0.25, 0.3) is 6.08 Å². The van der Waals surface area contributed by atoms with Crippen molar-refractivity contribution in [2.75, 3.05) is 58.3 Å². The Balaban J connectivity index is 1.16. The molecule has 1 N–H and O–H groups in total. The first-order valence-corrected chi connectivity index (χ1v) is 12.5. The molecule has 3 aliphatic heterocycles. The predicted octanol–water partition coefficient (Wildman–Crippen LogP) is 3.49. The van der Waals surface area contributed by atoms with Crippen molar-refractivity contribution in [2.45, 2.75) is 20.0 Å². The molecule has 5 rings (SSSR count). The fourth-order valence-electron chi connectivity index (χ4n) is 5.17. The number of hydrogen-bond acceptors (Lipinski definition) is 7. The fourth-order valence-corrected chi connectivity index (χ4v) is 5.17. The Morgan fingerprint density at radius 2 is 1.89 bits per heavy atom. The lowest BCUT2D eigenvalue weighted by Crippen LogP contribution is -2.50. The lowest BCUT2D eigenvalue weighted by atomic mass is 9.89. The highest BCUT2D eigenvalue weighted by Gasteiger charge is 2.41. The van der Waals surface area contributed by atoms with Gasteiger partial charge in [-0.05, 0) is 18.6 Å². The number of carbonyl (C=O) groups excluding carboxylic acids is 1. The summed E-state index contributed by atoms with van der Waals surface area (Å²) in [6.07, 6.45) is 2.23. The Hall–Kier alpha value is -3.36. The molecule has 0 saturated carbocycles. The molecular formula is C28H34N4O4. The van der Waals surface area contributed by atoms with Crippen LogP contribution in [-0.2, 0) is 9.63 Å². The van der Waals surface area contributed by atoms with Crippen LogP contribution < -0.4 is 14.8 Å². The number of carbonyl (C=O) groups is 1. The third-order valence-electron chi connectivity index (χ3n) is 6.98. The van der Waals surface area contributed by atoms with Crippen molar-refractivity contribution in [1.82, 2.24) is 9.80 Å². The van der Waals surface area contributed by atoms with Gasteiger partial charge >= 0.3 is 0 Å².